The number of piperidine rings is 2. The molecule has 0 spiro atoms. The van der Waals surface area contributed by atoms with Gasteiger partial charge in [-0.1, -0.05) is 18.2 Å². The number of carbonyl (C=O) groups is 2. The van der Waals surface area contributed by atoms with Crippen LogP contribution in [0, 0.1) is 11.8 Å². The van der Waals surface area contributed by atoms with Crippen molar-refractivity contribution in [2.45, 2.75) is 44.6 Å². The Kier molecular flexibility index (Phi) is 8.40. The molecule has 0 atom stereocenters. The third-order valence-corrected chi connectivity index (χ3v) is 6.50. The standard InChI is InChI=1S/C23H33N3O3.ClH/c27-22(17-29-21-4-2-1-3-5-21)25-12-8-19(9-13-25)23(28)26-14-10-20(11-15-26)24-16-18-6-7-18;/h1-5,18-20,24H,6-17H2;1H. The maximum absolute atomic E-state index is 12.9. The topological polar surface area (TPSA) is 61.9 Å². The van der Waals surface area contributed by atoms with E-state index in [9.17, 15) is 9.59 Å². The first kappa shape index (κ1) is 22.9. The lowest BCUT2D eigenvalue weighted by molar-refractivity contribution is -0.142. The summed E-state index contributed by atoms with van der Waals surface area (Å²) in [5, 5.41) is 3.67. The van der Waals surface area contributed by atoms with Crippen LogP contribution < -0.4 is 10.1 Å². The Morgan fingerprint density at radius 2 is 1.53 bits per heavy atom. The van der Waals surface area contributed by atoms with Crippen molar-refractivity contribution in [1.82, 2.24) is 15.1 Å². The second-order valence-electron chi connectivity index (χ2n) is 8.71. The average molecular weight is 436 g/mol. The molecule has 1 aromatic rings. The minimum absolute atomic E-state index is 0. The number of ether oxygens (including phenoxy) is 1. The zero-order valence-corrected chi connectivity index (χ0v) is 18.4. The van der Waals surface area contributed by atoms with Crippen molar-refractivity contribution in [2.75, 3.05) is 39.3 Å². The fourth-order valence-corrected chi connectivity index (χ4v) is 4.35. The first-order chi connectivity index (χ1) is 14.2. The highest BCUT2D eigenvalue weighted by Crippen LogP contribution is 2.28. The van der Waals surface area contributed by atoms with E-state index < -0.39 is 0 Å². The van der Waals surface area contributed by atoms with Gasteiger partial charge >= 0.3 is 0 Å². The van der Waals surface area contributed by atoms with Gasteiger partial charge in [-0.2, -0.15) is 0 Å². The SMILES string of the molecule is Cl.O=C(COc1ccccc1)N1CCC(C(=O)N2CCC(NCC3CC3)CC2)CC1. The Morgan fingerprint density at radius 3 is 2.17 bits per heavy atom. The second-order valence-corrected chi connectivity index (χ2v) is 8.71. The summed E-state index contributed by atoms with van der Waals surface area (Å²) in [5.74, 6) is 1.97. The molecule has 2 amide bonds. The number of para-hydroxylation sites is 1. The number of likely N-dealkylation sites (tertiary alicyclic amines) is 2. The van der Waals surface area contributed by atoms with Crippen LogP contribution in [0.25, 0.3) is 0 Å². The summed E-state index contributed by atoms with van der Waals surface area (Å²) in [7, 11) is 0. The second kappa shape index (κ2) is 11.0. The molecule has 2 aliphatic heterocycles. The molecule has 1 N–H and O–H groups in total. The summed E-state index contributed by atoms with van der Waals surface area (Å²) in [5.41, 5.74) is 0. The first-order valence-corrected chi connectivity index (χ1v) is 11.2. The summed E-state index contributed by atoms with van der Waals surface area (Å²) in [4.78, 5) is 29.2. The Balaban J connectivity index is 0.00000256. The van der Waals surface area contributed by atoms with E-state index >= 15 is 0 Å². The van der Waals surface area contributed by atoms with Crippen LogP contribution in [0.2, 0.25) is 0 Å². The molecule has 1 aromatic carbocycles. The zero-order chi connectivity index (χ0) is 20.1. The molecule has 0 unspecified atom stereocenters. The van der Waals surface area contributed by atoms with Crippen LogP contribution in [0.4, 0.5) is 0 Å². The summed E-state index contributed by atoms with van der Waals surface area (Å²) < 4.78 is 5.57. The van der Waals surface area contributed by atoms with E-state index in [1.54, 1.807) is 0 Å². The molecular formula is C23H34ClN3O3. The van der Waals surface area contributed by atoms with Gasteiger partial charge in [-0.15, -0.1) is 12.4 Å². The normalized spacial score (nSPS) is 20.5. The van der Waals surface area contributed by atoms with Gasteiger partial charge in [0.2, 0.25) is 5.91 Å². The van der Waals surface area contributed by atoms with Crippen molar-refractivity contribution in [3.63, 3.8) is 0 Å². The van der Waals surface area contributed by atoms with Crippen molar-refractivity contribution in [1.29, 1.82) is 0 Å². The molecule has 3 aliphatic rings. The van der Waals surface area contributed by atoms with Crippen LogP contribution in [0.1, 0.15) is 38.5 Å². The largest absolute Gasteiger partial charge is 0.484 e. The van der Waals surface area contributed by atoms with Crippen molar-refractivity contribution >= 4 is 24.2 Å². The fraction of sp³-hybridized carbons (Fsp3) is 0.652. The number of benzene rings is 1. The lowest BCUT2D eigenvalue weighted by atomic mass is 9.93. The molecule has 30 heavy (non-hydrogen) atoms. The molecule has 1 aliphatic carbocycles. The quantitative estimate of drug-likeness (QED) is 0.715. The van der Waals surface area contributed by atoms with Gasteiger partial charge in [0.25, 0.3) is 5.91 Å². The predicted molar refractivity (Wildman–Crippen MR) is 119 cm³/mol. The lowest BCUT2D eigenvalue weighted by Crippen LogP contribution is -2.49. The summed E-state index contributed by atoms with van der Waals surface area (Å²) in [6, 6.07) is 9.98. The number of nitrogens with one attached hydrogen (secondary N) is 1. The molecular weight excluding hydrogens is 402 g/mol. The molecule has 7 heteroatoms. The molecule has 1 saturated carbocycles. The predicted octanol–water partition coefficient (Wildman–Crippen LogP) is 2.72. The van der Waals surface area contributed by atoms with E-state index in [2.05, 4.69) is 10.2 Å². The zero-order valence-electron chi connectivity index (χ0n) is 17.6. The number of hydrogen-bond acceptors (Lipinski definition) is 4. The van der Waals surface area contributed by atoms with Crippen molar-refractivity contribution in [3.8, 4) is 5.75 Å². The number of hydrogen-bond donors (Lipinski definition) is 1. The van der Waals surface area contributed by atoms with Crippen LogP contribution in [0.5, 0.6) is 5.75 Å². The molecule has 3 fully saturated rings. The van der Waals surface area contributed by atoms with Gasteiger partial charge in [0.1, 0.15) is 5.75 Å². The number of amides is 2. The van der Waals surface area contributed by atoms with E-state index in [1.165, 1.54) is 12.8 Å². The van der Waals surface area contributed by atoms with Crippen LogP contribution >= 0.6 is 12.4 Å². The number of nitrogens with zero attached hydrogens (tertiary/aromatic N) is 2. The highest BCUT2D eigenvalue weighted by molar-refractivity contribution is 5.85. The Morgan fingerprint density at radius 1 is 0.900 bits per heavy atom. The number of rotatable bonds is 7. The van der Waals surface area contributed by atoms with Gasteiger partial charge in [-0.05, 0) is 63.1 Å². The minimum Gasteiger partial charge on any atom is -0.484 e. The molecule has 2 heterocycles. The van der Waals surface area contributed by atoms with Crippen LogP contribution in [0.15, 0.2) is 30.3 Å². The van der Waals surface area contributed by atoms with Gasteiger partial charge in [0.15, 0.2) is 6.61 Å². The smallest absolute Gasteiger partial charge is 0.260 e. The summed E-state index contributed by atoms with van der Waals surface area (Å²) >= 11 is 0. The average Bonchev–Trinajstić information content (AvgIpc) is 3.61. The summed E-state index contributed by atoms with van der Waals surface area (Å²) in [6.45, 7) is 4.24. The molecule has 0 aromatic heterocycles. The number of carbonyl (C=O) groups excluding carboxylic acids is 2. The van der Waals surface area contributed by atoms with Gasteiger partial charge in [-0.3, -0.25) is 9.59 Å². The van der Waals surface area contributed by atoms with Gasteiger partial charge in [0, 0.05) is 38.1 Å². The Bertz CT molecular complexity index is 682. The Labute approximate surface area is 185 Å². The molecule has 6 nitrogen and oxygen atoms in total. The van der Waals surface area contributed by atoms with Crippen molar-refractivity contribution in [2.24, 2.45) is 11.8 Å². The van der Waals surface area contributed by atoms with E-state index in [0.29, 0.717) is 30.8 Å². The third kappa shape index (κ3) is 6.35. The number of halogens is 1. The van der Waals surface area contributed by atoms with E-state index in [0.717, 1.165) is 51.2 Å². The minimum atomic E-state index is 0. The van der Waals surface area contributed by atoms with E-state index in [4.69, 9.17) is 4.74 Å². The van der Waals surface area contributed by atoms with Crippen molar-refractivity contribution < 1.29 is 14.3 Å². The lowest BCUT2D eigenvalue weighted by Gasteiger charge is -2.37. The fourth-order valence-electron chi connectivity index (χ4n) is 4.35. The summed E-state index contributed by atoms with van der Waals surface area (Å²) in [6.07, 6.45) is 6.40. The van der Waals surface area contributed by atoms with Gasteiger partial charge in [-0.25, -0.2) is 0 Å². The Hall–Kier alpha value is -1.79. The van der Waals surface area contributed by atoms with Crippen LogP contribution in [-0.4, -0.2) is 67.0 Å². The van der Waals surface area contributed by atoms with Gasteiger partial charge < -0.3 is 19.9 Å². The molecule has 4 rings (SSSR count). The molecule has 0 radical (unpaired) electrons. The van der Waals surface area contributed by atoms with Gasteiger partial charge in [0.05, 0.1) is 0 Å². The van der Waals surface area contributed by atoms with Crippen molar-refractivity contribution in [3.05, 3.63) is 30.3 Å². The monoisotopic (exact) mass is 435 g/mol. The van der Waals surface area contributed by atoms with E-state index in [1.807, 2.05) is 35.2 Å². The highest BCUT2D eigenvalue weighted by atomic mass is 35.5. The third-order valence-electron chi connectivity index (χ3n) is 6.50. The van der Waals surface area contributed by atoms with Crippen LogP contribution in [-0.2, 0) is 9.59 Å². The molecule has 0 bridgehead atoms. The highest BCUT2D eigenvalue weighted by Gasteiger charge is 2.32. The van der Waals surface area contributed by atoms with E-state index in [-0.39, 0.29) is 30.8 Å². The maximum atomic E-state index is 12.9. The maximum Gasteiger partial charge on any atom is 0.260 e. The van der Waals surface area contributed by atoms with Crippen LogP contribution in [0.3, 0.4) is 0 Å². The molecule has 166 valence electrons. The molecule has 2 saturated heterocycles. The first-order valence-electron chi connectivity index (χ1n) is 11.2.